The second-order valence-electron chi connectivity index (χ2n) is 9.51. The van der Waals surface area contributed by atoms with Gasteiger partial charge >= 0.3 is 5.97 Å². The number of halogens is 2. The zero-order chi connectivity index (χ0) is 26.8. The molecule has 0 radical (unpaired) electrons. The van der Waals surface area contributed by atoms with E-state index in [1.165, 1.54) is 30.4 Å². The number of aromatic nitrogens is 1. The Hall–Kier alpha value is -2.67. The van der Waals surface area contributed by atoms with Crippen LogP contribution in [0, 0.1) is 5.82 Å². The van der Waals surface area contributed by atoms with Crippen LogP contribution in [-0.2, 0) is 19.1 Å². The Balaban J connectivity index is 1.55. The fourth-order valence-corrected chi connectivity index (χ4v) is 6.56. The summed E-state index contributed by atoms with van der Waals surface area (Å²) in [5, 5.41) is 8.99. The predicted octanol–water partition coefficient (Wildman–Crippen LogP) is 3.32. The van der Waals surface area contributed by atoms with Crippen LogP contribution in [0.5, 0.6) is 0 Å². The van der Waals surface area contributed by atoms with Gasteiger partial charge in [-0.2, -0.15) is 0 Å². The second-order valence-corrected chi connectivity index (χ2v) is 11.3. The fourth-order valence-electron chi connectivity index (χ4n) is 5.40. The summed E-state index contributed by atoms with van der Waals surface area (Å²) >= 11 is 4.91. The van der Waals surface area contributed by atoms with Crippen LogP contribution in [0.1, 0.15) is 43.3 Å². The van der Waals surface area contributed by atoms with Gasteiger partial charge in [-0.25, -0.2) is 14.2 Å². The Kier molecular flexibility index (Phi) is 8.22. The molecule has 1 aromatic carbocycles. The number of carbonyl (C=O) groups excluding carboxylic acids is 2. The van der Waals surface area contributed by atoms with Crippen molar-refractivity contribution in [3.63, 3.8) is 0 Å². The first-order valence-electron chi connectivity index (χ1n) is 12.5. The number of ether oxygens (including phenoxy) is 2. The number of thiazole rings is 1. The second kappa shape index (κ2) is 11.6. The van der Waals surface area contributed by atoms with Crippen molar-refractivity contribution in [1.29, 1.82) is 0 Å². The minimum atomic E-state index is -0.729. The molecule has 2 saturated heterocycles. The number of amidine groups is 1. The standard InChI is InChI=1S/C26H29BrFN5O4S/c1-3-37-26(35)22-21(11-33-17-9-16(30-14(2)34)10-18(33)13-36-12-17)31-24(25-29-6-7-38-25)32-23(22)19-5-4-15(28)8-20(19)27/h4-8,16-18,23H,3,9-13H2,1-2H3,(H,30,34)(H,31,32)/t16-,17+,18-,23-/m0/s1. The number of rotatable bonds is 7. The number of aliphatic imine (C=N–C) groups is 1. The van der Waals surface area contributed by atoms with Crippen LogP contribution in [0.3, 0.4) is 0 Å². The molecule has 2 fully saturated rings. The number of amides is 1. The van der Waals surface area contributed by atoms with E-state index in [0.717, 1.165) is 12.8 Å². The lowest BCUT2D eigenvalue weighted by Gasteiger charge is -2.49. The van der Waals surface area contributed by atoms with Gasteiger partial charge in [-0.15, -0.1) is 11.3 Å². The summed E-state index contributed by atoms with van der Waals surface area (Å²) in [4.78, 5) is 36.8. The van der Waals surface area contributed by atoms with E-state index in [-0.39, 0.29) is 30.6 Å². The third kappa shape index (κ3) is 5.68. The summed E-state index contributed by atoms with van der Waals surface area (Å²) in [6, 6.07) is 3.84. The molecule has 5 rings (SSSR count). The molecule has 2 aromatic rings. The number of piperidine rings is 1. The average Bonchev–Trinajstić information content (AvgIpc) is 3.39. The molecule has 1 aromatic heterocycles. The number of hydrogen-bond donors (Lipinski definition) is 2. The van der Waals surface area contributed by atoms with E-state index < -0.39 is 17.8 Å². The molecule has 12 heteroatoms. The van der Waals surface area contributed by atoms with Crippen LogP contribution in [0.4, 0.5) is 4.39 Å². The SMILES string of the molecule is CCOC(=O)C1=C(CN2[C@@H]3COC[C@H]2C[C@H](NC(C)=O)C3)NC(c2nccs2)=N[C@H]1c1ccc(F)cc1Br. The van der Waals surface area contributed by atoms with Crippen molar-refractivity contribution in [2.75, 3.05) is 26.4 Å². The van der Waals surface area contributed by atoms with E-state index in [0.29, 0.717) is 51.9 Å². The Morgan fingerprint density at radius 1 is 1.32 bits per heavy atom. The van der Waals surface area contributed by atoms with Crippen molar-refractivity contribution in [2.24, 2.45) is 4.99 Å². The van der Waals surface area contributed by atoms with E-state index in [1.807, 2.05) is 5.38 Å². The lowest BCUT2D eigenvalue weighted by molar-refractivity contribution is -0.139. The summed E-state index contributed by atoms with van der Waals surface area (Å²) in [5.41, 5.74) is 1.69. The van der Waals surface area contributed by atoms with Gasteiger partial charge in [0, 0.05) is 53.3 Å². The molecule has 38 heavy (non-hydrogen) atoms. The van der Waals surface area contributed by atoms with Crippen LogP contribution in [0.25, 0.3) is 0 Å². The van der Waals surface area contributed by atoms with Crippen molar-refractivity contribution >= 4 is 45.0 Å². The van der Waals surface area contributed by atoms with Gasteiger partial charge in [0.1, 0.15) is 11.9 Å². The summed E-state index contributed by atoms with van der Waals surface area (Å²) in [5.74, 6) is -0.373. The van der Waals surface area contributed by atoms with Crippen LogP contribution in [0.15, 0.2) is 50.5 Å². The lowest BCUT2D eigenvalue weighted by Crippen LogP contribution is -2.61. The van der Waals surface area contributed by atoms with Gasteiger partial charge in [0.25, 0.3) is 0 Å². The Labute approximate surface area is 232 Å². The number of benzene rings is 1. The van der Waals surface area contributed by atoms with Crippen molar-refractivity contribution in [2.45, 2.75) is 50.9 Å². The van der Waals surface area contributed by atoms with Gasteiger partial charge < -0.3 is 20.1 Å². The maximum atomic E-state index is 14.0. The van der Waals surface area contributed by atoms with Crippen molar-refractivity contribution in [1.82, 2.24) is 20.5 Å². The van der Waals surface area contributed by atoms with Crippen molar-refractivity contribution < 1.29 is 23.5 Å². The molecule has 0 spiro atoms. The molecule has 2 bridgehead atoms. The highest BCUT2D eigenvalue weighted by molar-refractivity contribution is 9.10. The van der Waals surface area contributed by atoms with Gasteiger partial charge in [-0.05, 0) is 37.5 Å². The number of nitrogens with one attached hydrogen (secondary N) is 2. The van der Waals surface area contributed by atoms with Crippen molar-refractivity contribution in [3.05, 3.63) is 61.9 Å². The zero-order valence-electron chi connectivity index (χ0n) is 21.1. The van der Waals surface area contributed by atoms with Crippen molar-refractivity contribution in [3.8, 4) is 0 Å². The molecular weight excluding hydrogens is 577 g/mol. The lowest BCUT2D eigenvalue weighted by atomic mass is 9.88. The topological polar surface area (TPSA) is 105 Å². The quantitative estimate of drug-likeness (QED) is 0.466. The molecule has 0 unspecified atom stereocenters. The summed E-state index contributed by atoms with van der Waals surface area (Å²) in [7, 11) is 0. The molecule has 9 nitrogen and oxygen atoms in total. The molecule has 0 aliphatic carbocycles. The Morgan fingerprint density at radius 2 is 2.08 bits per heavy atom. The first-order chi connectivity index (χ1) is 18.3. The molecule has 202 valence electrons. The van der Waals surface area contributed by atoms with Crippen LogP contribution in [0.2, 0.25) is 0 Å². The van der Waals surface area contributed by atoms with E-state index >= 15 is 0 Å². The van der Waals surface area contributed by atoms with Crippen LogP contribution >= 0.6 is 27.3 Å². The molecular formula is C26H29BrFN5O4S. The number of morpholine rings is 1. The molecule has 1 amide bonds. The summed E-state index contributed by atoms with van der Waals surface area (Å²) in [6.07, 6.45) is 3.20. The third-order valence-electron chi connectivity index (χ3n) is 6.93. The summed E-state index contributed by atoms with van der Waals surface area (Å²) < 4.78 is 25.9. The van der Waals surface area contributed by atoms with E-state index in [9.17, 15) is 14.0 Å². The monoisotopic (exact) mass is 605 g/mol. The maximum absolute atomic E-state index is 14.0. The highest BCUT2D eigenvalue weighted by atomic mass is 79.9. The number of carbonyl (C=O) groups is 2. The van der Waals surface area contributed by atoms with E-state index in [1.54, 1.807) is 19.2 Å². The summed E-state index contributed by atoms with van der Waals surface area (Å²) in [6.45, 7) is 5.00. The van der Waals surface area contributed by atoms with E-state index in [2.05, 4.69) is 36.4 Å². The predicted molar refractivity (Wildman–Crippen MR) is 144 cm³/mol. The minimum absolute atomic E-state index is 0.0410. The zero-order valence-corrected chi connectivity index (χ0v) is 23.5. The average molecular weight is 607 g/mol. The van der Waals surface area contributed by atoms with E-state index in [4.69, 9.17) is 14.5 Å². The maximum Gasteiger partial charge on any atom is 0.338 e. The largest absolute Gasteiger partial charge is 0.463 e. The first kappa shape index (κ1) is 26.9. The number of esters is 1. The number of nitrogens with zero attached hydrogens (tertiary/aromatic N) is 3. The van der Waals surface area contributed by atoms with Crippen LogP contribution in [-0.4, -0.2) is 72.1 Å². The highest BCUT2D eigenvalue weighted by Crippen LogP contribution is 2.38. The van der Waals surface area contributed by atoms with Gasteiger partial charge in [0.15, 0.2) is 10.8 Å². The first-order valence-corrected chi connectivity index (χ1v) is 14.2. The van der Waals surface area contributed by atoms with Gasteiger partial charge in [-0.3, -0.25) is 14.7 Å². The molecule has 4 atom stereocenters. The van der Waals surface area contributed by atoms with Gasteiger partial charge in [-0.1, -0.05) is 22.0 Å². The minimum Gasteiger partial charge on any atom is -0.463 e. The molecule has 3 aliphatic rings. The molecule has 4 heterocycles. The third-order valence-corrected chi connectivity index (χ3v) is 8.40. The smallest absolute Gasteiger partial charge is 0.338 e. The van der Waals surface area contributed by atoms with Gasteiger partial charge in [0.05, 0.1) is 25.4 Å². The highest BCUT2D eigenvalue weighted by Gasteiger charge is 2.42. The Morgan fingerprint density at radius 3 is 2.71 bits per heavy atom. The number of fused-ring (bicyclic) bond motifs is 2. The molecule has 2 N–H and O–H groups in total. The van der Waals surface area contributed by atoms with Crippen LogP contribution < -0.4 is 10.6 Å². The fraction of sp³-hybridized carbons (Fsp3) is 0.462. The molecule has 3 aliphatic heterocycles. The molecule has 0 saturated carbocycles. The normalized spacial score (nSPS) is 25.4. The Bertz CT molecular complexity index is 1260. The number of hydrogen-bond acceptors (Lipinski definition) is 9. The van der Waals surface area contributed by atoms with Gasteiger partial charge in [0.2, 0.25) is 5.91 Å².